The molecule has 0 amide bonds. The molecule has 0 aliphatic carbocycles. The highest BCUT2D eigenvalue weighted by Crippen LogP contribution is 2.21. The highest BCUT2D eigenvalue weighted by Gasteiger charge is 2.11. The lowest BCUT2D eigenvalue weighted by Gasteiger charge is -2.09. The molecule has 0 saturated carbocycles. The molecule has 2 aromatic rings. The summed E-state index contributed by atoms with van der Waals surface area (Å²) in [4.78, 5) is 8.91. The van der Waals surface area contributed by atoms with Crippen LogP contribution in [0.4, 0.5) is 5.82 Å². The maximum Gasteiger partial charge on any atom is 0.165 e. The molecule has 3 N–H and O–H groups in total. The first-order valence-electron chi connectivity index (χ1n) is 5.48. The van der Waals surface area contributed by atoms with Crippen molar-refractivity contribution in [1.29, 1.82) is 0 Å². The first kappa shape index (κ1) is 11.5. The topological polar surface area (TPSA) is 81.7 Å². The SMILES string of the molecule is CCc1nc(-c2cnn(C)c2)nc(NN)c1C. The second-order valence-electron chi connectivity index (χ2n) is 3.87. The minimum Gasteiger partial charge on any atom is -0.308 e. The maximum atomic E-state index is 5.47. The van der Waals surface area contributed by atoms with Gasteiger partial charge in [-0.25, -0.2) is 15.8 Å². The van der Waals surface area contributed by atoms with Crippen LogP contribution >= 0.6 is 0 Å². The number of hydrogen-bond donors (Lipinski definition) is 2. The number of nitrogens with two attached hydrogens (primary N) is 1. The second kappa shape index (κ2) is 4.50. The largest absolute Gasteiger partial charge is 0.308 e. The Morgan fingerprint density at radius 3 is 2.71 bits per heavy atom. The Balaban J connectivity index is 2.55. The molecule has 2 rings (SSSR count). The standard InChI is InChI=1S/C11H16N6/c1-4-9-7(2)10(16-12)15-11(14-9)8-5-13-17(3)6-8/h5-6H,4,12H2,1-3H3,(H,14,15,16). The molecule has 6 nitrogen and oxygen atoms in total. The van der Waals surface area contributed by atoms with Crippen LogP contribution in [0.3, 0.4) is 0 Å². The van der Waals surface area contributed by atoms with E-state index in [1.807, 2.05) is 20.2 Å². The minimum absolute atomic E-state index is 0.647. The number of aromatic nitrogens is 4. The van der Waals surface area contributed by atoms with E-state index in [0.717, 1.165) is 23.2 Å². The van der Waals surface area contributed by atoms with Crippen LogP contribution in [0.1, 0.15) is 18.2 Å². The van der Waals surface area contributed by atoms with Crippen LogP contribution in [0.2, 0.25) is 0 Å². The minimum atomic E-state index is 0.647. The molecule has 0 spiro atoms. The van der Waals surface area contributed by atoms with Crippen LogP contribution < -0.4 is 11.3 Å². The van der Waals surface area contributed by atoms with E-state index >= 15 is 0 Å². The number of nitrogen functional groups attached to an aromatic ring is 1. The first-order chi connectivity index (χ1) is 8.15. The third kappa shape index (κ3) is 2.12. The normalized spacial score (nSPS) is 10.6. The van der Waals surface area contributed by atoms with E-state index in [9.17, 15) is 0 Å². The number of rotatable bonds is 3. The predicted octanol–water partition coefficient (Wildman–Crippen LogP) is 1.03. The van der Waals surface area contributed by atoms with E-state index in [4.69, 9.17) is 5.84 Å². The van der Waals surface area contributed by atoms with Gasteiger partial charge in [-0.2, -0.15) is 5.10 Å². The van der Waals surface area contributed by atoms with Gasteiger partial charge in [0.15, 0.2) is 5.82 Å². The Labute approximate surface area is 99.9 Å². The number of hydrogen-bond acceptors (Lipinski definition) is 5. The lowest BCUT2D eigenvalue weighted by Crippen LogP contribution is -2.13. The van der Waals surface area contributed by atoms with Crippen molar-refractivity contribution >= 4 is 5.82 Å². The van der Waals surface area contributed by atoms with Gasteiger partial charge in [0.1, 0.15) is 5.82 Å². The molecule has 0 fully saturated rings. The van der Waals surface area contributed by atoms with Gasteiger partial charge in [-0.05, 0) is 13.3 Å². The molecule has 90 valence electrons. The Morgan fingerprint density at radius 2 is 2.18 bits per heavy atom. The predicted molar refractivity (Wildman–Crippen MR) is 66.2 cm³/mol. The van der Waals surface area contributed by atoms with Crippen molar-refractivity contribution in [2.45, 2.75) is 20.3 Å². The fraction of sp³-hybridized carbons (Fsp3) is 0.364. The van der Waals surface area contributed by atoms with Gasteiger partial charge in [0.05, 0.1) is 11.8 Å². The molecular formula is C11H16N6. The maximum absolute atomic E-state index is 5.47. The average molecular weight is 232 g/mol. The van der Waals surface area contributed by atoms with E-state index < -0.39 is 0 Å². The Hall–Kier alpha value is -1.95. The zero-order chi connectivity index (χ0) is 12.4. The summed E-state index contributed by atoms with van der Waals surface area (Å²) < 4.78 is 1.72. The first-order valence-corrected chi connectivity index (χ1v) is 5.48. The molecule has 0 bridgehead atoms. The van der Waals surface area contributed by atoms with Crippen LogP contribution in [-0.4, -0.2) is 19.7 Å². The van der Waals surface area contributed by atoms with Crippen LogP contribution in [0, 0.1) is 6.92 Å². The summed E-state index contributed by atoms with van der Waals surface area (Å²) in [5.74, 6) is 6.77. The van der Waals surface area contributed by atoms with Crippen LogP contribution in [0.25, 0.3) is 11.4 Å². The zero-order valence-electron chi connectivity index (χ0n) is 10.2. The van der Waals surface area contributed by atoms with Crippen molar-refractivity contribution in [2.24, 2.45) is 12.9 Å². The summed E-state index contributed by atoms with van der Waals surface area (Å²) >= 11 is 0. The molecule has 6 heteroatoms. The molecule has 0 radical (unpaired) electrons. The summed E-state index contributed by atoms with van der Waals surface area (Å²) in [5.41, 5.74) is 5.48. The summed E-state index contributed by atoms with van der Waals surface area (Å²) in [5, 5.41) is 4.11. The van der Waals surface area contributed by atoms with Crippen LogP contribution in [0.5, 0.6) is 0 Å². The molecule has 2 heterocycles. The molecule has 0 atom stereocenters. The third-order valence-corrected chi connectivity index (χ3v) is 2.68. The molecule has 0 aliphatic heterocycles. The van der Waals surface area contributed by atoms with Gasteiger partial charge in [-0.3, -0.25) is 4.68 Å². The third-order valence-electron chi connectivity index (χ3n) is 2.68. The van der Waals surface area contributed by atoms with Crippen molar-refractivity contribution in [3.8, 4) is 11.4 Å². The van der Waals surface area contributed by atoms with E-state index in [-0.39, 0.29) is 0 Å². The molecule has 0 aliphatic rings. The van der Waals surface area contributed by atoms with Gasteiger partial charge in [0.2, 0.25) is 0 Å². The van der Waals surface area contributed by atoms with Gasteiger partial charge < -0.3 is 5.43 Å². The number of aryl methyl sites for hydroxylation is 2. The number of hydrazine groups is 1. The van der Waals surface area contributed by atoms with E-state index in [0.29, 0.717) is 11.6 Å². The molecular weight excluding hydrogens is 216 g/mol. The number of nitrogens with zero attached hydrogens (tertiary/aromatic N) is 4. The Kier molecular flexibility index (Phi) is 3.06. The Bertz CT molecular complexity index is 506. The molecule has 2 aromatic heterocycles. The lowest BCUT2D eigenvalue weighted by molar-refractivity contribution is 0.768. The molecule has 0 saturated heterocycles. The summed E-state index contributed by atoms with van der Waals surface area (Å²) in [6.45, 7) is 4.02. The van der Waals surface area contributed by atoms with Crippen LogP contribution in [0.15, 0.2) is 12.4 Å². The van der Waals surface area contributed by atoms with Crippen molar-refractivity contribution in [3.63, 3.8) is 0 Å². The fourth-order valence-electron chi connectivity index (χ4n) is 1.71. The van der Waals surface area contributed by atoms with Crippen molar-refractivity contribution in [3.05, 3.63) is 23.7 Å². The van der Waals surface area contributed by atoms with Crippen molar-refractivity contribution in [1.82, 2.24) is 19.7 Å². The number of anilines is 1. The Morgan fingerprint density at radius 1 is 1.41 bits per heavy atom. The summed E-state index contributed by atoms with van der Waals surface area (Å²) in [6, 6.07) is 0. The second-order valence-corrected chi connectivity index (χ2v) is 3.87. The van der Waals surface area contributed by atoms with E-state index in [1.165, 1.54) is 0 Å². The molecule has 0 aromatic carbocycles. The summed E-state index contributed by atoms with van der Waals surface area (Å²) in [6.07, 6.45) is 4.46. The lowest BCUT2D eigenvalue weighted by atomic mass is 10.2. The van der Waals surface area contributed by atoms with E-state index in [2.05, 4.69) is 27.4 Å². The van der Waals surface area contributed by atoms with Crippen LogP contribution in [-0.2, 0) is 13.5 Å². The van der Waals surface area contributed by atoms with Crippen molar-refractivity contribution < 1.29 is 0 Å². The number of nitrogens with one attached hydrogen (secondary N) is 1. The highest BCUT2D eigenvalue weighted by atomic mass is 15.3. The van der Waals surface area contributed by atoms with Gasteiger partial charge >= 0.3 is 0 Å². The van der Waals surface area contributed by atoms with Gasteiger partial charge in [0, 0.05) is 24.5 Å². The van der Waals surface area contributed by atoms with Gasteiger partial charge in [-0.15, -0.1) is 0 Å². The zero-order valence-corrected chi connectivity index (χ0v) is 10.2. The quantitative estimate of drug-likeness (QED) is 0.610. The average Bonchev–Trinajstić information content (AvgIpc) is 2.76. The van der Waals surface area contributed by atoms with Crippen molar-refractivity contribution in [2.75, 3.05) is 5.43 Å². The smallest absolute Gasteiger partial charge is 0.165 e. The highest BCUT2D eigenvalue weighted by molar-refractivity contribution is 5.57. The fourth-order valence-corrected chi connectivity index (χ4v) is 1.71. The molecule has 17 heavy (non-hydrogen) atoms. The summed E-state index contributed by atoms with van der Waals surface area (Å²) in [7, 11) is 1.86. The monoisotopic (exact) mass is 232 g/mol. The molecule has 0 unspecified atom stereocenters. The van der Waals surface area contributed by atoms with Gasteiger partial charge in [0.25, 0.3) is 0 Å². The van der Waals surface area contributed by atoms with Gasteiger partial charge in [-0.1, -0.05) is 6.92 Å². The van der Waals surface area contributed by atoms with E-state index in [1.54, 1.807) is 10.9 Å².